The van der Waals surface area contributed by atoms with E-state index in [2.05, 4.69) is 10.1 Å². The Bertz CT molecular complexity index is 511. The number of nitrogens with one attached hydrogen (secondary N) is 1. The number of anilines is 1. The third-order valence-corrected chi connectivity index (χ3v) is 3.33. The molecule has 1 saturated carbocycles. The highest BCUT2D eigenvalue weighted by molar-refractivity contribution is 5.91. The molecule has 19 heavy (non-hydrogen) atoms. The first kappa shape index (κ1) is 13.3. The molecule has 0 aliphatic heterocycles. The lowest BCUT2D eigenvalue weighted by Gasteiger charge is -2.15. The first-order valence-corrected chi connectivity index (χ1v) is 6.16. The van der Waals surface area contributed by atoms with Crippen LogP contribution in [0.2, 0.25) is 0 Å². The molecule has 0 spiro atoms. The molecule has 0 radical (unpaired) electrons. The Hall–Kier alpha value is -2.11. The van der Waals surface area contributed by atoms with Gasteiger partial charge in [-0.3, -0.25) is 10.1 Å². The number of methoxy groups -OCH3 is 1. The molecule has 102 valence electrons. The van der Waals surface area contributed by atoms with Gasteiger partial charge in [-0.1, -0.05) is 0 Å². The number of nitrogens with zero attached hydrogens (tertiary/aromatic N) is 1. The van der Waals surface area contributed by atoms with Crippen LogP contribution in [0.15, 0.2) is 18.2 Å². The Kier molecular flexibility index (Phi) is 3.69. The fourth-order valence-corrected chi connectivity index (χ4v) is 2.02. The summed E-state index contributed by atoms with van der Waals surface area (Å²) in [6.45, 7) is 1.99. The highest BCUT2D eigenvalue weighted by Gasteiger charge is 2.29. The van der Waals surface area contributed by atoms with E-state index in [1.165, 1.54) is 25.3 Å². The Morgan fingerprint density at radius 1 is 1.53 bits per heavy atom. The van der Waals surface area contributed by atoms with E-state index in [0.29, 0.717) is 17.2 Å². The maximum Gasteiger partial charge on any atom is 0.337 e. The minimum absolute atomic E-state index is 0.0276. The van der Waals surface area contributed by atoms with Crippen LogP contribution in [0.25, 0.3) is 0 Å². The van der Waals surface area contributed by atoms with Crippen LogP contribution in [0, 0.1) is 16.0 Å². The van der Waals surface area contributed by atoms with Crippen molar-refractivity contribution in [2.75, 3.05) is 12.4 Å². The van der Waals surface area contributed by atoms with E-state index in [-0.39, 0.29) is 11.7 Å². The molecular weight excluding hydrogens is 248 g/mol. The van der Waals surface area contributed by atoms with Crippen molar-refractivity contribution in [1.82, 2.24) is 0 Å². The molecule has 1 aliphatic carbocycles. The lowest BCUT2D eigenvalue weighted by molar-refractivity contribution is -0.384. The van der Waals surface area contributed by atoms with Crippen LogP contribution in [0.1, 0.15) is 30.1 Å². The molecule has 1 aromatic rings. The van der Waals surface area contributed by atoms with Gasteiger partial charge >= 0.3 is 5.97 Å². The number of rotatable bonds is 5. The highest BCUT2D eigenvalue weighted by Crippen LogP contribution is 2.35. The molecule has 1 unspecified atom stereocenters. The van der Waals surface area contributed by atoms with Gasteiger partial charge in [0.2, 0.25) is 0 Å². The van der Waals surface area contributed by atoms with Gasteiger partial charge in [-0.2, -0.15) is 0 Å². The molecular formula is C13H16N2O4. The molecule has 1 aliphatic rings. The summed E-state index contributed by atoms with van der Waals surface area (Å²) in [4.78, 5) is 22.0. The van der Waals surface area contributed by atoms with Gasteiger partial charge in [0.05, 0.1) is 17.6 Å². The molecule has 1 atom stereocenters. The molecule has 1 fully saturated rings. The zero-order valence-electron chi connectivity index (χ0n) is 10.9. The SMILES string of the molecule is COC(=O)c1ccc([N+](=O)[O-])c(NC(C)C2CC2)c1. The van der Waals surface area contributed by atoms with Crippen LogP contribution >= 0.6 is 0 Å². The number of hydrogen-bond donors (Lipinski definition) is 1. The minimum Gasteiger partial charge on any atom is -0.465 e. The van der Waals surface area contributed by atoms with Gasteiger partial charge in [-0.25, -0.2) is 4.79 Å². The largest absolute Gasteiger partial charge is 0.465 e. The van der Waals surface area contributed by atoms with E-state index in [1.807, 2.05) is 6.92 Å². The van der Waals surface area contributed by atoms with Gasteiger partial charge < -0.3 is 10.1 Å². The number of ether oxygens (including phenoxy) is 1. The number of esters is 1. The van der Waals surface area contributed by atoms with Gasteiger partial charge in [-0.05, 0) is 37.8 Å². The summed E-state index contributed by atoms with van der Waals surface area (Å²) < 4.78 is 4.62. The van der Waals surface area contributed by atoms with Crippen molar-refractivity contribution in [3.8, 4) is 0 Å². The van der Waals surface area contributed by atoms with Crippen molar-refractivity contribution >= 4 is 17.3 Å². The molecule has 1 aromatic carbocycles. The lowest BCUT2D eigenvalue weighted by Crippen LogP contribution is -2.18. The average Bonchev–Trinajstić information content (AvgIpc) is 3.21. The van der Waals surface area contributed by atoms with Crippen molar-refractivity contribution in [1.29, 1.82) is 0 Å². The second-order valence-corrected chi connectivity index (χ2v) is 4.75. The summed E-state index contributed by atoms with van der Waals surface area (Å²) in [5.74, 6) is 0.0541. The first-order chi connectivity index (χ1) is 9.02. The van der Waals surface area contributed by atoms with Gasteiger partial charge in [0.25, 0.3) is 5.69 Å². The summed E-state index contributed by atoms with van der Waals surface area (Å²) in [6, 6.07) is 4.36. The molecule has 0 amide bonds. The number of nitro groups is 1. The van der Waals surface area contributed by atoms with E-state index in [1.54, 1.807) is 0 Å². The zero-order valence-corrected chi connectivity index (χ0v) is 10.9. The fourth-order valence-electron chi connectivity index (χ4n) is 2.02. The summed E-state index contributed by atoms with van der Waals surface area (Å²) in [7, 11) is 1.28. The summed E-state index contributed by atoms with van der Waals surface area (Å²) in [6.07, 6.45) is 2.28. The second-order valence-electron chi connectivity index (χ2n) is 4.75. The molecule has 6 heteroatoms. The predicted octanol–water partition coefficient (Wildman–Crippen LogP) is 2.59. The Morgan fingerprint density at radius 3 is 2.74 bits per heavy atom. The maximum atomic E-state index is 11.5. The van der Waals surface area contributed by atoms with E-state index in [0.717, 1.165) is 12.8 Å². The third-order valence-electron chi connectivity index (χ3n) is 3.33. The van der Waals surface area contributed by atoms with Crippen LogP contribution < -0.4 is 5.32 Å². The van der Waals surface area contributed by atoms with Crippen molar-refractivity contribution < 1.29 is 14.5 Å². The van der Waals surface area contributed by atoms with Crippen molar-refractivity contribution in [3.05, 3.63) is 33.9 Å². The molecule has 1 N–H and O–H groups in total. The Balaban J connectivity index is 2.29. The number of carbonyl (C=O) groups excluding carboxylic acids is 1. The maximum absolute atomic E-state index is 11.5. The summed E-state index contributed by atoms with van der Waals surface area (Å²) in [5, 5.41) is 14.1. The molecule has 2 rings (SSSR count). The van der Waals surface area contributed by atoms with Crippen LogP contribution in [-0.2, 0) is 4.74 Å². The minimum atomic E-state index is -0.503. The molecule has 6 nitrogen and oxygen atoms in total. The highest BCUT2D eigenvalue weighted by atomic mass is 16.6. The quantitative estimate of drug-likeness (QED) is 0.502. The fraction of sp³-hybridized carbons (Fsp3) is 0.462. The van der Waals surface area contributed by atoms with E-state index < -0.39 is 10.9 Å². The standard InChI is InChI=1S/C13H16N2O4/c1-8(9-3-4-9)14-11-7-10(13(16)19-2)5-6-12(11)15(17)18/h5-9,14H,3-4H2,1-2H3. The number of benzene rings is 1. The molecule has 0 heterocycles. The monoisotopic (exact) mass is 264 g/mol. The molecule has 0 aromatic heterocycles. The van der Waals surface area contributed by atoms with Crippen molar-refractivity contribution in [3.63, 3.8) is 0 Å². The van der Waals surface area contributed by atoms with Gasteiger partial charge in [-0.15, -0.1) is 0 Å². The lowest BCUT2D eigenvalue weighted by atomic mass is 10.1. The molecule has 0 bridgehead atoms. The van der Waals surface area contributed by atoms with Gasteiger partial charge in [0.1, 0.15) is 5.69 Å². The van der Waals surface area contributed by atoms with E-state index in [4.69, 9.17) is 0 Å². The summed E-state index contributed by atoms with van der Waals surface area (Å²) >= 11 is 0. The zero-order chi connectivity index (χ0) is 14.0. The van der Waals surface area contributed by atoms with E-state index in [9.17, 15) is 14.9 Å². The Labute approximate surface area is 110 Å². The van der Waals surface area contributed by atoms with Crippen LogP contribution in [0.3, 0.4) is 0 Å². The number of carbonyl (C=O) groups is 1. The topological polar surface area (TPSA) is 81.5 Å². The van der Waals surface area contributed by atoms with Gasteiger partial charge in [0, 0.05) is 12.1 Å². The second kappa shape index (κ2) is 5.26. The van der Waals surface area contributed by atoms with Crippen molar-refractivity contribution in [2.24, 2.45) is 5.92 Å². The van der Waals surface area contributed by atoms with Crippen LogP contribution in [0.5, 0.6) is 0 Å². The van der Waals surface area contributed by atoms with Gasteiger partial charge in [0.15, 0.2) is 0 Å². The predicted molar refractivity (Wildman–Crippen MR) is 70.2 cm³/mol. The normalized spacial score (nSPS) is 15.7. The van der Waals surface area contributed by atoms with Crippen LogP contribution in [0.4, 0.5) is 11.4 Å². The third kappa shape index (κ3) is 3.01. The average molecular weight is 264 g/mol. The smallest absolute Gasteiger partial charge is 0.337 e. The first-order valence-electron chi connectivity index (χ1n) is 6.16. The van der Waals surface area contributed by atoms with E-state index >= 15 is 0 Å². The van der Waals surface area contributed by atoms with Crippen molar-refractivity contribution in [2.45, 2.75) is 25.8 Å². The van der Waals surface area contributed by atoms with Crippen LogP contribution in [-0.4, -0.2) is 24.0 Å². The summed E-state index contributed by atoms with van der Waals surface area (Å²) in [5.41, 5.74) is 0.644. The number of hydrogen-bond acceptors (Lipinski definition) is 5. The Morgan fingerprint density at radius 2 is 2.21 bits per heavy atom. The molecule has 0 saturated heterocycles. The number of nitro benzene ring substituents is 1.